The molecule has 4 rings (SSSR count). The van der Waals surface area contributed by atoms with Gasteiger partial charge in [-0.15, -0.1) is 11.8 Å². The maximum atomic E-state index is 13.5. The maximum Gasteiger partial charge on any atom is 0.272 e. The molecule has 6 heteroatoms. The molecular formula is C24H20ClNO3S. The molecule has 0 spiro atoms. The summed E-state index contributed by atoms with van der Waals surface area (Å²) in [7, 11) is 0. The van der Waals surface area contributed by atoms with Gasteiger partial charge in [-0.1, -0.05) is 35.9 Å². The molecule has 0 bridgehead atoms. The number of halogens is 1. The first-order valence-electron chi connectivity index (χ1n) is 9.49. The van der Waals surface area contributed by atoms with E-state index >= 15 is 0 Å². The number of amides is 2. The summed E-state index contributed by atoms with van der Waals surface area (Å²) in [4.78, 5) is 28.6. The van der Waals surface area contributed by atoms with Gasteiger partial charge in [-0.25, -0.2) is 4.90 Å². The molecule has 152 valence electrons. The molecule has 0 radical (unpaired) electrons. The highest BCUT2D eigenvalue weighted by Crippen LogP contribution is 2.41. The average Bonchev–Trinajstić information content (AvgIpc) is 3.31. The Morgan fingerprint density at radius 3 is 2.40 bits per heavy atom. The standard InChI is InChI=1S/C24H20ClNO3S/c1-14-6-8-17(11-16(14)3)21-22(30-13-19-5-4-10-29-19)24(28)26(23(21)27)20-12-18(25)9-7-15(20)2/h4-12H,13H2,1-3H3. The highest BCUT2D eigenvalue weighted by Gasteiger charge is 2.41. The number of hydrogen-bond donors (Lipinski definition) is 0. The maximum absolute atomic E-state index is 13.5. The first kappa shape index (κ1) is 20.5. The van der Waals surface area contributed by atoms with Crippen LogP contribution in [0, 0.1) is 20.8 Å². The Morgan fingerprint density at radius 1 is 0.933 bits per heavy atom. The molecular weight excluding hydrogens is 418 g/mol. The van der Waals surface area contributed by atoms with E-state index in [2.05, 4.69) is 0 Å². The van der Waals surface area contributed by atoms with Gasteiger partial charge < -0.3 is 4.42 Å². The Balaban J connectivity index is 1.81. The van der Waals surface area contributed by atoms with Gasteiger partial charge >= 0.3 is 0 Å². The molecule has 1 aromatic heterocycles. The second-order valence-corrected chi connectivity index (χ2v) is 8.67. The van der Waals surface area contributed by atoms with Crippen LogP contribution in [0.5, 0.6) is 0 Å². The SMILES string of the molecule is Cc1ccc(C2=C(SCc3ccco3)C(=O)N(c3cc(Cl)ccc3C)C2=O)cc1C. The molecule has 0 N–H and O–H groups in total. The zero-order chi connectivity index (χ0) is 21.4. The minimum Gasteiger partial charge on any atom is -0.468 e. The van der Waals surface area contributed by atoms with Crippen molar-refractivity contribution in [2.75, 3.05) is 4.90 Å². The van der Waals surface area contributed by atoms with Crippen LogP contribution in [0.4, 0.5) is 5.69 Å². The number of carbonyl (C=O) groups is 2. The largest absolute Gasteiger partial charge is 0.468 e. The van der Waals surface area contributed by atoms with E-state index in [1.807, 2.05) is 51.1 Å². The number of imide groups is 1. The third-order valence-corrected chi connectivity index (χ3v) is 6.52. The van der Waals surface area contributed by atoms with Crippen molar-refractivity contribution < 1.29 is 14.0 Å². The minimum atomic E-state index is -0.338. The van der Waals surface area contributed by atoms with Crippen molar-refractivity contribution in [3.8, 4) is 0 Å². The molecule has 2 amide bonds. The summed E-state index contributed by atoms with van der Waals surface area (Å²) >= 11 is 7.48. The van der Waals surface area contributed by atoms with E-state index in [4.69, 9.17) is 16.0 Å². The van der Waals surface area contributed by atoms with Crippen molar-refractivity contribution in [1.82, 2.24) is 0 Å². The van der Waals surface area contributed by atoms with Crippen molar-refractivity contribution >= 4 is 46.4 Å². The smallest absolute Gasteiger partial charge is 0.272 e. The molecule has 4 nitrogen and oxygen atoms in total. The highest BCUT2D eigenvalue weighted by molar-refractivity contribution is 8.03. The van der Waals surface area contributed by atoms with E-state index in [9.17, 15) is 9.59 Å². The van der Waals surface area contributed by atoms with Gasteiger partial charge in [-0.05, 0) is 67.3 Å². The molecule has 0 fully saturated rings. The molecule has 0 saturated carbocycles. The quantitative estimate of drug-likeness (QED) is 0.454. The van der Waals surface area contributed by atoms with E-state index in [1.54, 1.807) is 24.5 Å². The van der Waals surface area contributed by atoms with Crippen LogP contribution in [0.15, 0.2) is 64.1 Å². The Morgan fingerprint density at radius 2 is 1.70 bits per heavy atom. The third-order valence-electron chi connectivity index (χ3n) is 5.19. The summed E-state index contributed by atoms with van der Waals surface area (Å²) in [5.74, 6) is 0.521. The Hall–Kier alpha value is -2.76. The van der Waals surface area contributed by atoms with E-state index < -0.39 is 0 Å². The highest BCUT2D eigenvalue weighted by atomic mass is 35.5. The van der Waals surface area contributed by atoms with E-state index in [-0.39, 0.29) is 11.8 Å². The first-order valence-corrected chi connectivity index (χ1v) is 10.8. The number of thioether (sulfide) groups is 1. The molecule has 0 saturated heterocycles. The second kappa shape index (κ2) is 8.17. The van der Waals surface area contributed by atoms with Crippen LogP contribution in [-0.2, 0) is 15.3 Å². The van der Waals surface area contributed by atoms with Crippen LogP contribution in [0.2, 0.25) is 5.02 Å². The van der Waals surface area contributed by atoms with Gasteiger partial charge in [0.1, 0.15) is 5.76 Å². The van der Waals surface area contributed by atoms with Crippen molar-refractivity contribution in [3.05, 3.63) is 92.7 Å². The predicted octanol–water partition coefficient (Wildman–Crippen LogP) is 6.08. The Bertz CT molecular complexity index is 1180. The molecule has 0 aliphatic carbocycles. The lowest BCUT2D eigenvalue weighted by Crippen LogP contribution is -2.32. The number of anilines is 1. The molecule has 2 heterocycles. The van der Waals surface area contributed by atoms with Crippen LogP contribution in [0.3, 0.4) is 0 Å². The zero-order valence-corrected chi connectivity index (χ0v) is 18.4. The van der Waals surface area contributed by atoms with Gasteiger partial charge in [0.25, 0.3) is 11.8 Å². The summed E-state index contributed by atoms with van der Waals surface area (Å²) in [6.07, 6.45) is 1.60. The number of benzene rings is 2. The predicted molar refractivity (Wildman–Crippen MR) is 122 cm³/mol. The number of carbonyl (C=O) groups excluding carboxylic acids is 2. The van der Waals surface area contributed by atoms with E-state index in [0.29, 0.717) is 26.9 Å². The molecule has 0 atom stereocenters. The van der Waals surface area contributed by atoms with E-state index in [0.717, 1.165) is 28.0 Å². The fraction of sp³-hybridized carbons (Fsp3) is 0.167. The number of hydrogen-bond acceptors (Lipinski definition) is 4. The second-order valence-electron chi connectivity index (χ2n) is 7.25. The third kappa shape index (κ3) is 3.71. The number of rotatable bonds is 5. The van der Waals surface area contributed by atoms with Crippen molar-refractivity contribution in [1.29, 1.82) is 0 Å². The van der Waals surface area contributed by atoms with E-state index in [1.165, 1.54) is 16.7 Å². The average molecular weight is 438 g/mol. The molecule has 30 heavy (non-hydrogen) atoms. The minimum absolute atomic E-state index is 0.337. The van der Waals surface area contributed by atoms with Crippen LogP contribution >= 0.6 is 23.4 Å². The van der Waals surface area contributed by atoms with Crippen molar-refractivity contribution in [2.24, 2.45) is 0 Å². The van der Waals surface area contributed by atoms with Crippen LogP contribution in [0.1, 0.15) is 28.0 Å². The van der Waals surface area contributed by atoms with Gasteiger partial charge in [0.05, 0.1) is 28.2 Å². The lowest BCUT2D eigenvalue weighted by molar-refractivity contribution is -0.119. The van der Waals surface area contributed by atoms with Crippen LogP contribution in [-0.4, -0.2) is 11.8 Å². The van der Waals surface area contributed by atoms with Crippen LogP contribution < -0.4 is 4.90 Å². The number of furan rings is 1. The molecule has 2 aromatic carbocycles. The lowest BCUT2D eigenvalue weighted by Gasteiger charge is -2.18. The fourth-order valence-electron chi connectivity index (χ4n) is 3.38. The van der Waals surface area contributed by atoms with Gasteiger partial charge in [-0.2, -0.15) is 0 Å². The van der Waals surface area contributed by atoms with Gasteiger partial charge in [0, 0.05) is 5.02 Å². The lowest BCUT2D eigenvalue weighted by atomic mass is 10.0. The molecule has 3 aromatic rings. The Kier molecular flexibility index (Phi) is 5.58. The number of nitrogens with zero attached hydrogens (tertiary/aromatic N) is 1. The fourth-order valence-corrected chi connectivity index (χ4v) is 4.56. The zero-order valence-electron chi connectivity index (χ0n) is 16.9. The topological polar surface area (TPSA) is 50.5 Å². The summed E-state index contributed by atoms with van der Waals surface area (Å²) in [5, 5.41) is 0.473. The van der Waals surface area contributed by atoms with Gasteiger partial charge in [0.15, 0.2) is 0 Å². The number of aryl methyl sites for hydroxylation is 3. The van der Waals surface area contributed by atoms with Crippen LogP contribution in [0.25, 0.3) is 5.57 Å². The summed E-state index contributed by atoms with van der Waals surface area (Å²) < 4.78 is 5.41. The van der Waals surface area contributed by atoms with Gasteiger partial charge in [-0.3, -0.25) is 9.59 Å². The monoisotopic (exact) mass is 437 g/mol. The normalized spacial score (nSPS) is 14.2. The molecule has 0 unspecified atom stereocenters. The molecule has 1 aliphatic rings. The van der Waals surface area contributed by atoms with Gasteiger partial charge in [0.2, 0.25) is 0 Å². The van der Waals surface area contributed by atoms with Crippen molar-refractivity contribution in [3.63, 3.8) is 0 Å². The van der Waals surface area contributed by atoms with Crippen molar-refractivity contribution in [2.45, 2.75) is 26.5 Å². The summed E-state index contributed by atoms with van der Waals surface area (Å²) in [6.45, 7) is 5.87. The summed E-state index contributed by atoms with van der Waals surface area (Å²) in [6, 6.07) is 14.7. The Labute approximate surface area is 184 Å². The summed E-state index contributed by atoms with van der Waals surface area (Å²) in [5.41, 5.74) is 4.65. The first-order chi connectivity index (χ1) is 14.4. The molecule has 1 aliphatic heterocycles.